The summed E-state index contributed by atoms with van der Waals surface area (Å²) >= 11 is 6.02. The Kier molecular flexibility index (Phi) is 6.00. The Morgan fingerprint density at radius 1 is 1.11 bits per heavy atom. The molecular weight excluding hydrogens is 404 g/mol. The number of nitro benzene ring substituents is 1. The molecule has 0 atom stereocenters. The minimum atomic E-state index is -4.03. The molecule has 1 saturated heterocycles. The van der Waals surface area contributed by atoms with E-state index in [4.69, 9.17) is 11.6 Å². The van der Waals surface area contributed by atoms with E-state index in [1.54, 1.807) is 29.2 Å². The number of likely N-dealkylation sites (tertiary alicyclic amines) is 1. The van der Waals surface area contributed by atoms with Crippen molar-refractivity contribution in [1.82, 2.24) is 4.90 Å². The van der Waals surface area contributed by atoms with Gasteiger partial charge >= 0.3 is 0 Å². The topological polar surface area (TPSA) is 97.6 Å². The van der Waals surface area contributed by atoms with Crippen LogP contribution in [0.4, 0.5) is 5.69 Å². The van der Waals surface area contributed by atoms with E-state index in [1.165, 1.54) is 6.07 Å². The van der Waals surface area contributed by atoms with Crippen LogP contribution in [-0.4, -0.2) is 37.2 Å². The lowest BCUT2D eigenvalue weighted by Gasteiger charge is -2.26. The van der Waals surface area contributed by atoms with E-state index < -0.39 is 31.1 Å². The van der Waals surface area contributed by atoms with Crippen molar-refractivity contribution < 1.29 is 18.1 Å². The highest BCUT2D eigenvalue weighted by molar-refractivity contribution is 7.90. The van der Waals surface area contributed by atoms with Gasteiger partial charge in [-0.15, -0.1) is 0 Å². The first-order valence-electron chi connectivity index (χ1n) is 8.83. The molecule has 7 nitrogen and oxygen atoms in total. The number of nitrogens with zero attached hydrogens (tertiary/aromatic N) is 2. The Balaban J connectivity index is 1.96. The molecule has 1 aliphatic rings. The summed E-state index contributed by atoms with van der Waals surface area (Å²) in [6.07, 6.45) is 2.82. The maximum Gasteiger partial charge on any atom is 0.288 e. The average Bonchev–Trinajstić information content (AvgIpc) is 2.69. The third kappa shape index (κ3) is 4.34. The number of rotatable bonds is 5. The maximum atomic E-state index is 12.8. The van der Waals surface area contributed by atoms with E-state index in [9.17, 15) is 23.3 Å². The summed E-state index contributed by atoms with van der Waals surface area (Å²) in [5, 5.41) is 11.8. The molecule has 28 heavy (non-hydrogen) atoms. The van der Waals surface area contributed by atoms with Crippen LogP contribution in [0.2, 0.25) is 5.02 Å². The normalized spacial score (nSPS) is 14.7. The van der Waals surface area contributed by atoms with E-state index in [0.29, 0.717) is 18.7 Å². The molecule has 0 spiro atoms. The number of amides is 1. The fraction of sp³-hybridized carbons (Fsp3) is 0.316. The number of benzene rings is 2. The lowest BCUT2D eigenvalue weighted by atomic mass is 10.1. The number of carbonyl (C=O) groups excluding carboxylic acids is 1. The minimum absolute atomic E-state index is 0.116. The molecule has 1 aliphatic heterocycles. The molecule has 3 rings (SSSR count). The molecule has 0 aliphatic carbocycles. The quantitative estimate of drug-likeness (QED) is 0.538. The Morgan fingerprint density at radius 2 is 1.79 bits per heavy atom. The smallest absolute Gasteiger partial charge is 0.288 e. The van der Waals surface area contributed by atoms with Gasteiger partial charge in [-0.3, -0.25) is 14.9 Å². The number of hydrogen-bond donors (Lipinski definition) is 0. The van der Waals surface area contributed by atoms with Crippen LogP contribution in [0.3, 0.4) is 0 Å². The molecule has 0 bridgehead atoms. The van der Waals surface area contributed by atoms with Gasteiger partial charge in [0.1, 0.15) is 4.90 Å². The summed E-state index contributed by atoms with van der Waals surface area (Å²) in [6.45, 7) is 1.19. The number of piperidine rings is 1. The summed E-state index contributed by atoms with van der Waals surface area (Å²) in [6, 6.07) is 9.95. The molecule has 148 valence electrons. The summed E-state index contributed by atoms with van der Waals surface area (Å²) in [7, 11) is -4.03. The molecule has 1 heterocycles. The van der Waals surface area contributed by atoms with Gasteiger partial charge in [0.25, 0.3) is 11.6 Å². The Bertz CT molecular complexity index is 1020. The van der Waals surface area contributed by atoms with Crippen molar-refractivity contribution in [3.8, 4) is 0 Å². The standard InChI is InChI=1S/C19H19ClN2O5S/c20-16-7-3-2-6-15(16)13-28(26,27)18-9-8-14(12-17(18)22(24)25)19(23)21-10-4-1-5-11-21/h2-3,6-9,12H,1,4-5,10-11,13H2. The summed E-state index contributed by atoms with van der Waals surface area (Å²) < 4.78 is 25.6. The summed E-state index contributed by atoms with van der Waals surface area (Å²) in [4.78, 5) is 24.6. The first-order valence-corrected chi connectivity index (χ1v) is 10.9. The number of hydrogen-bond acceptors (Lipinski definition) is 5. The van der Waals surface area contributed by atoms with E-state index in [-0.39, 0.29) is 16.5 Å². The predicted molar refractivity (Wildman–Crippen MR) is 105 cm³/mol. The van der Waals surface area contributed by atoms with Crippen molar-refractivity contribution in [2.45, 2.75) is 29.9 Å². The molecule has 0 saturated carbocycles. The SMILES string of the molecule is O=C(c1ccc(S(=O)(=O)Cc2ccccc2Cl)c([N+](=O)[O-])c1)N1CCCCC1. The van der Waals surface area contributed by atoms with E-state index in [0.717, 1.165) is 31.4 Å². The third-order valence-corrected chi connectivity index (χ3v) is 6.76. The molecule has 2 aromatic rings. The van der Waals surface area contributed by atoms with Crippen LogP contribution in [0, 0.1) is 10.1 Å². The second-order valence-electron chi connectivity index (χ2n) is 6.64. The highest BCUT2D eigenvalue weighted by Crippen LogP contribution is 2.30. The zero-order valence-corrected chi connectivity index (χ0v) is 16.6. The van der Waals surface area contributed by atoms with E-state index >= 15 is 0 Å². The maximum absolute atomic E-state index is 12.8. The van der Waals surface area contributed by atoms with Crippen LogP contribution in [0.25, 0.3) is 0 Å². The summed E-state index contributed by atoms with van der Waals surface area (Å²) in [5.74, 6) is -0.787. The Hall–Kier alpha value is -2.45. The number of sulfone groups is 1. The van der Waals surface area contributed by atoms with Gasteiger partial charge in [0.05, 0.1) is 10.7 Å². The van der Waals surface area contributed by atoms with Crippen molar-refractivity contribution in [3.05, 3.63) is 68.7 Å². The first kappa shape index (κ1) is 20.3. The van der Waals surface area contributed by atoms with Crippen LogP contribution < -0.4 is 0 Å². The molecule has 0 aromatic heterocycles. The van der Waals surface area contributed by atoms with Gasteiger partial charge < -0.3 is 4.90 Å². The van der Waals surface area contributed by atoms with Crippen LogP contribution in [-0.2, 0) is 15.6 Å². The minimum Gasteiger partial charge on any atom is -0.339 e. The predicted octanol–water partition coefficient (Wildman–Crippen LogP) is 3.85. The van der Waals surface area contributed by atoms with Gasteiger partial charge in [-0.2, -0.15) is 0 Å². The molecule has 1 fully saturated rings. The number of halogens is 1. The van der Waals surface area contributed by atoms with E-state index in [2.05, 4.69) is 0 Å². The van der Waals surface area contributed by atoms with Gasteiger partial charge in [-0.25, -0.2) is 8.42 Å². The zero-order chi connectivity index (χ0) is 20.3. The van der Waals surface area contributed by atoms with Crippen molar-refractivity contribution in [2.24, 2.45) is 0 Å². The largest absolute Gasteiger partial charge is 0.339 e. The fourth-order valence-electron chi connectivity index (χ4n) is 3.23. The van der Waals surface area contributed by atoms with Gasteiger partial charge in [0.15, 0.2) is 9.84 Å². The van der Waals surface area contributed by atoms with Gasteiger partial charge in [-0.1, -0.05) is 29.8 Å². The average molecular weight is 423 g/mol. The number of nitro groups is 1. The molecule has 0 radical (unpaired) electrons. The van der Waals surface area contributed by atoms with E-state index in [1.807, 2.05) is 0 Å². The highest BCUT2D eigenvalue weighted by atomic mass is 35.5. The van der Waals surface area contributed by atoms with Crippen LogP contribution in [0.5, 0.6) is 0 Å². The van der Waals surface area contributed by atoms with Gasteiger partial charge in [0, 0.05) is 29.7 Å². The zero-order valence-electron chi connectivity index (χ0n) is 15.0. The lowest BCUT2D eigenvalue weighted by molar-refractivity contribution is -0.387. The van der Waals surface area contributed by atoms with Crippen molar-refractivity contribution in [1.29, 1.82) is 0 Å². The monoisotopic (exact) mass is 422 g/mol. The molecule has 0 N–H and O–H groups in total. The molecule has 9 heteroatoms. The van der Waals surface area contributed by atoms with Crippen molar-refractivity contribution in [2.75, 3.05) is 13.1 Å². The van der Waals surface area contributed by atoms with Gasteiger partial charge in [-0.05, 0) is 43.0 Å². The lowest BCUT2D eigenvalue weighted by Crippen LogP contribution is -2.35. The van der Waals surface area contributed by atoms with Crippen molar-refractivity contribution in [3.63, 3.8) is 0 Å². The van der Waals surface area contributed by atoms with Crippen LogP contribution in [0.15, 0.2) is 47.4 Å². The second kappa shape index (κ2) is 8.28. The molecule has 2 aromatic carbocycles. The van der Waals surface area contributed by atoms with Crippen molar-refractivity contribution >= 4 is 33.0 Å². The Morgan fingerprint density at radius 3 is 2.43 bits per heavy atom. The first-order chi connectivity index (χ1) is 13.3. The molecule has 0 unspecified atom stereocenters. The molecular formula is C19H19ClN2O5S. The Labute approximate surface area is 168 Å². The molecule has 1 amide bonds. The fourth-order valence-corrected chi connectivity index (χ4v) is 5.06. The highest BCUT2D eigenvalue weighted by Gasteiger charge is 2.29. The third-order valence-electron chi connectivity index (χ3n) is 4.68. The second-order valence-corrected chi connectivity index (χ2v) is 9.01. The van der Waals surface area contributed by atoms with Gasteiger partial charge in [0.2, 0.25) is 0 Å². The summed E-state index contributed by atoms with van der Waals surface area (Å²) in [5.41, 5.74) is -0.132. The van der Waals surface area contributed by atoms with Crippen LogP contribution >= 0.6 is 11.6 Å². The van der Waals surface area contributed by atoms with Crippen LogP contribution in [0.1, 0.15) is 35.2 Å². The number of carbonyl (C=O) groups is 1.